The van der Waals surface area contributed by atoms with Crippen molar-refractivity contribution in [3.63, 3.8) is 0 Å². The van der Waals surface area contributed by atoms with Gasteiger partial charge < -0.3 is 14.6 Å². The van der Waals surface area contributed by atoms with Crippen molar-refractivity contribution in [3.05, 3.63) is 24.3 Å². The first-order chi connectivity index (χ1) is 20.1. The van der Waals surface area contributed by atoms with Crippen LogP contribution in [0.15, 0.2) is 24.3 Å². The molecule has 0 aliphatic heterocycles. The SMILES string of the molecule is CCCCCC/C=C\C/C=C\CCCCCCCCCC(=O)OC(CO)COC(=O)CCCCCCCCCCC. The number of unbranched alkanes of at least 4 members (excludes halogenated alkanes) is 19. The Labute approximate surface area is 253 Å². The standard InChI is InChI=1S/C36H66O5/c1-3-5-7-9-11-13-14-15-16-17-18-19-20-21-23-25-27-29-31-36(39)41-34(32-37)33-40-35(38)30-28-26-24-22-12-10-8-6-4-2/h13-14,16-17,34,37H,3-12,15,18-33H2,1-2H3/b14-13-,17-16-. The maximum Gasteiger partial charge on any atom is 0.306 e. The summed E-state index contributed by atoms with van der Waals surface area (Å²) in [6.45, 7) is 4.08. The molecule has 0 aromatic rings. The van der Waals surface area contributed by atoms with Gasteiger partial charge in [0.25, 0.3) is 0 Å². The highest BCUT2D eigenvalue weighted by molar-refractivity contribution is 5.70. The van der Waals surface area contributed by atoms with E-state index >= 15 is 0 Å². The van der Waals surface area contributed by atoms with Crippen molar-refractivity contribution in [3.8, 4) is 0 Å². The number of carbonyl (C=O) groups excluding carboxylic acids is 2. The summed E-state index contributed by atoms with van der Waals surface area (Å²) >= 11 is 0. The highest BCUT2D eigenvalue weighted by Crippen LogP contribution is 2.13. The second-order valence-corrected chi connectivity index (χ2v) is 11.6. The van der Waals surface area contributed by atoms with Crippen LogP contribution in [0.25, 0.3) is 0 Å². The summed E-state index contributed by atoms with van der Waals surface area (Å²) < 4.78 is 10.5. The molecule has 1 unspecified atom stereocenters. The Hall–Kier alpha value is -1.62. The van der Waals surface area contributed by atoms with E-state index in [0.29, 0.717) is 12.8 Å². The first kappa shape index (κ1) is 39.4. The Balaban J connectivity index is 3.57. The maximum absolute atomic E-state index is 12.1. The number of carbonyl (C=O) groups is 2. The number of aliphatic hydroxyl groups is 1. The molecule has 1 atom stereocenters. The summed E-state index contributed by atoms with van der Waals surface area (Å²) in [4.78, 5) is 24.1. The lowest BCUT2D eigenvalue weighted by atomic mass is 10.1. The molecule has 41 heavy (non-hydrogen) atoms. The molecule has 0 heterocycles. The van der Waals surface area contributed by atoms with Crippen LogP contribution in [0.3, 0.4) is 0 Å². The van der Waals surface area contributed by atoms with E-state index in [1.807, 2.05) is 0 Å². The maximum atomic E-state index is 12.1. The topological polar surface area (TPSA) is 72.8 Å². The summed E-state index contributed by atoms with van der Waals surface area (Å²) in [6, 6.07) is 0. The van der Waals surface area contributed by atoms with Gasteiger partial charge in [-0.3, -0.25) is 9.59 Å². The van der Waals surface area contributed by atoms with E-state index in [0.717, 1.165) is 51.4 Å². The van der Waals surface area contributed by atoms with Gasteiger partial charge in [-0.05, 0) is 44.9 Å². The molecule has 1 N–H and O–H groups in total. The van der Waals surface area contributed by atoms with Crippen LogP contribution in [0.5, 0.6) is 0 Å². The largest absolute Gasteiger partial charge is 0.462 e. The van der Waals surface area contributed by atoms with Gasteiger partial charge in [-0.25, -0.2) is 0 Å². The predicted octanol–water partition coefficient (Wildman–Crippen LogP) is 10.3. The highest BCUT2D eigenvalue weighted by atomic mass is 16.6. The molecular weight excluding hydrogens is 512 g/mol. The van der Waals surface area contributed by atoms with Crippen LogP contribution in [0.2, 0.25) is 0 Å². The Bertz CT molecular complexity index is 627. The molecular formula is C36H66O5. The van der Waals surface area contributed by atoms with Crippen LogP contribution in [0.4, 0.5) is 0 Å². The van der Waals surface area contributed by atoms with Crippen LogP contribution < -0.4 is 0 Å². The molecule has 0 aromatic heterocycles. The summed E-state index contributed by atoms with van der Waals surface area (Å²) in [5.74, 6) is -0.601. The van der Waals surface area contributed by atoms with Gasteiger partial charge in [0.05, 0.1) is 6.61 Å². The predicted molar refractivity (Wildman–Crippen MR) is 173 cm³/mol. The van der Waals surface area contributed by atoms with Crippen molar-refractivity contribution in [1.82, 2.24) is 0 Å². The van der Waals surface area contributed by atoms with Gasteiger partial charge in [0.15, 0.2) is 6.10 Å². The number of ether oxygens (including phenoxy) is 2. The summed E-state index contributed by atoms with van der Waals surface area (Å²) in [5.41, 5.74) is 0. The molecule has 240 valence electrons. The lowest BCUT2D eigenvalue weighted by Crippen LogP contribution is -2.28. The van der Waals surface area contributed by atoms with Crippen molar-refractivity contribution < 1.29 is 24.2 Å². The average Bonchev–Trinajstić information content (AvgIpc) is 2.97. The molecule has 0 fully saturated rings. The fourth-order valence-corrected chi connectivity index (χ4v) is 4.82. The zero-order valence-corrected chi connectivity index (χ0v) is 27.1. The molecule has 5 nitrogen and oxygen atoms in total. The third-order valence-electron chi connectivity index (χ3n) is 7.50. The van der Waals surface area contributed by atoms with E-state index in [1.54, 1.807) is 0 Å². The minimum atomic E-state index is -0.768. The van der Waals surface area contributed by atoms with Gasteiger partial charge in [0.2, 0.25) is 0 Å². The molecule has 0 bridgehead atoms. The van der Waals surface area contributed by atoms with Gasteiger partial charge in [0, 0.05) is 12.8 Å². The second-order valence-electron chi connectivity index (χ2n) is 11.6. The molecule has 0 spiro atoms. The van der Waals surface area contributed by atoms with Crippen LogP contribution in [-0.4, -0.2) is 36.4 Å². The molecule has 0 aliphatic rings. The number of rotatable bonds is 31. The quantitative estimate of drug-likeness (QED) is 0.0503. The van der Waals surface area contributed by atoms with E-state index in [1.165, 1.54) is 96.3 Å². The van der Waals surface area contributed by atoms with Gasteiger partial charge >= 0.3 is 11.9 Å². The number of aliphatic hydroxyl groups excluding tert-OH is 1. The van der Waals surface area contributed by atoms with Gasteiger partial charge in [-0.2, -0.15) is 0 Å². The third-order valence-corrected chi connectivity index (χ3v) is 7.50. The fraction of sp³-hybridized carbons (Fsp3) is 0.833. The summed E-state index contributed by atoms with van der Waals surface area (Å²) in [5, 5.41) is 9.49. The molecule has 0 saturated heterocycles. The van der Waals surface area contributed by atoms with Gasteiger partial charge in [-0.15, -0.1) is 0 Å². The molecule has 0 rings (SSSR count). The van der Waals surface area contributed by atoms with E-state index in [-0.39, 0.29) is 25.2 Å². The minimum absolute atomic E-state index is 0.0660. The first-order valence-corrected chi connectivity index (χ1v) is 17.4. The molecule has 0 saturated carbocycles. The van der Waals surface area contributed by atoms with E-state index in [2.05, 4.69) is 38.2 Å². The second kappa shape index (κ2) is 32.9. The van der Waals surface area contributed by atoms with Gasteiger partial charge in [0.1, 0.15) is 6.61 Å². The Morgan fingerprint density at radius 2 is 0.976 bits per heavy atom. The molecule has 0 aromatic carbocycles. The Morgan fingerprint density at radius 3 is 1.46 bits per heavy atom. The Kier molecular flexibility index (Phi) is 31.6. The van der Waals surface area contributed by atoms with Crippen molar-refractivity contribution in [2.75, 3.05) is 13.2 Å². The first-order valence-electron chi connectivity index (χ1n) is 17.4. The zero-order valence-electron chi connectivity index (χ0n) is 27.1. The number of hydrogen-bond donors (Lipinski definition) is 1. The minimum Gasteiger partial charge on any atom is -0.462 e. The van der Waals surface area contributed by atoms with Gasteiger partial charge in [-0.1, -0.05) is 141 Å². The molecule has 0 radical (unpaired) electrons. The lowest BCUT2D eigenvalue weighted by molar-refractivity contribution is -0.161. The van der Waals surface area contributed by atoms with E-state index < -0.39 is 6.10 Å². The van der Waals surface area contributed by atoms with Crippen LogP contribution in [0, 0.1) is 0 Å². The molecule has 0 aliphatic carbocycles. The van der Waals surface area contributed by atoms with Crippen molar-refractivity contribution >= 4 is 11.9 Å². The van der Waals surface area contributed by atoms with Crippen molar-refractivity contribution in [1.29, 1.82) is 0 Å². The summed E-state index contributed by atoms with van der Waals surface area (Å²) in [7, 11) is 0. The number of esters is 2. The Morgan fingerprint density at radius 1 is 0.561 bits per heavy atom. The van der Waals surface area contributed by atoms with Crippen molar-refractivity contribution in [2.45, 2.75) is 180 Å². The third kappa shape index (κ3) is 31.2. The molecule has 5 heteroatoms. The summed E-state index contributed by atoms with van der Waals surface area (Å²) in [6.07, 6.45) is 36.6. The van der Waals surface area contributed by atoms with E-state index in [9.17, 15) is 14.7 Å². The number of hydrogen-bond acceptors (Lipinski definition) is 5. The normalized spacial score (nSPS) is 12.4. The highest BCUT2D eigenvalue weighted by Gasteiger charge is 2.16. The average molecular weight is 579 g/mol. The zero-order chi connectivity index (χ0) is 30.1. The molecule has 0 amide bonds. The fourth-order valence-electron chi connectivity index (χ4n) is 4.82. The number of allylic oxidation sites excluding steroid dienone is 4. The van der Waals surface area contributed by atoms with Crippen molar-refractivity contribution in [2.24, 2.45) is 0 Å². The van der Waals surface area contributed by atoms with Crippen LogP contribution in [-0.2, 0) is 19.1 Å². The van der Waals surface area contributed by atoms with Crippen LogP contribution >= 0.6 is 0 Å². The van der Waals surface area contributed by atoms with Crippen LogP contribution in [0.1, 0.15) is 174 Å². The monoisotopic (exact) mass is 578 g/mol. The van der Waals surface area contributed by atoms with E-state index in [4.69, 9.17) is 9.47 Å². The lowest BCUT2D eigenvalue weighted by Gasteiger charge is -2.15. The smallest absolute Gasteiger partial charge is 0.306 e.